The third-order valence-electron chi connectivity index (χ3n) is 3.82. The van der Waals surface area contributed by atoms with E-state index in [9.17, 15) is 9.90 Å². The number of rotatable bonds is 2. The van der Waals surface area contributed by atoms with E-state index < -0.39 is 12.0 Å². The van der Waals surface area contributed by atoms with Gasteiger partial charge in [0.15, 0.2) is 0 Å². The average molecular weight is 244 g/mol. The van der Waals surface area contributed by atoms with Crippen molar-refractivity contribution in [3.63, 3.8) is 0 Å². The Hall–Kier alpha value is -1.97. The number of fused-ring (bicyclic) bond motifs is 3. The molecule has 0 unspecified atom stereocenters. The van der Waals surface area contributed by atoms with E-state index in [-0.39, 0.29) is 11.8 Å². The number of methoxy groups -OCH3 is 1. The molecule has 0 saturated carbocycles. The predicted molar refractivity (Wildman–Crippen MR) is 65.4 cm³/mol. The van der Waals surface area contributed by atoms with Crippen molar-refractivity contribution in [2.45, 2.75) is 18.4 Å². The van der Waals surface area contributed by atoms with E-state index in [0.29, 0.717) is 0 Å². The number of carbonyl (C=O) groups excluding carboxylic acids is 1. The number of nitrogens with one attached hydrogen (secondary N) is 1. The summed E-state index contributed by atoms with van der Waals surface area (Å²) in [7, 11) is 1.63. The van der Waals surface area contributed by atoms with Gasteiger partial charge < -0.3 is 20.0 Å². The van der Waals surface area contributed by atoms with Crippen LogP contribution in [0.3, 0.4) is 0 Å². The number of hydrogen-bond acceptors (Lipinski definition) is 4. The second-order valence-corrected chi connectivity index (χ2v) is 4.75. The molecule has 0 amide bonds. The molecule has 94 valence electrons. The molecule has 1 aliphatic carbocycles. The van der Waals surface area contributed by atoms with Gasteiger partial charge in [-0.1, -0.05) is 12.2 Å². The zero-order valence-electron chi connectivity index (χ0n) is 10.1. The molecule has 4 nitrogen and oxygen atoms in total. The van der Waals surface area contributed by atoms with Crippen molar-refractivity contribution >= 4 is 11.7 Å². The normalized spacial score (nSPS) is 28.2. The number of carboxylic acids is 1. The first-order valence-corrected chi connectivity index (χ1v) is 6.02. The number of aliphatic carboxylic acids is 1. The summed E-state index contributed by atoms with van der Waals surface area (Å²) >= 11 is 0. The lowest BCUT2D eigenvalue weighted by Gasteiger charge is -2.37. The molecule has 1 aromatic rings. The summed E-state index contributed by atoms with van der Waals surface area (Å²) in [6, 6.07) is 5.05. The molecule has 0 bridgehead atoms. The van der Waals surface area contributed by atoms with Gasteiger partial charge in [-0.25, -0.2) is 0 Å². The lowest BCUT2D eigenvalue weighted by molar-refractivity contribution is -0.308. The van der Waals surface area contributed by atoms with Gasteiger partial charge in [-0.05, 0) is 36.1 Å². The van der Waals surface area contributed by atoms with Crippen LogP contribution in [0.25, 0.3) is 0 Å². The number of carboxylic acid groups (broad SMARTS) is 1. The number of allylic oxidation sites excluding steroid dienone is 2. The molecule has 4 heteroatoms. The summed E-state index contributed by atoms with van der Waals surface area (Å²) in [5, 5.41) is 14.3. The maximum absolute atomic E-state index is 11.2. The van der Waals surface area contributed by atoms with Crippen molar-refractivity contribution in [1.82, 2.24) is 0 Å². The van der Waals surface area contributed by atoms with Gasteiger partial charge in [0, 0.05) is 11.6 Å². The molecule has 0 fully saturated rings. The molecular weight excluding hydrogens is 230 g/mol. The summed E-state index contributed by atoms with van der Waals surface area (Å²) in [5.41, 5.74) is 1.96. The Morgan fingerprint density at radius 1 is 1.50 bits per heavy atom. The Morgan fingerprint density at radius 2 is 2.33 bits per heavy atom. The Balaban J connectivity index is 2.06. The van der Waals surface area contributed by atoms with E-state index in [1.165, 1.54) is 0 Å². The average Bonchev–Trinajstić information content (AvgIpc) is 2.86. The molecule has 0 saturated heterocycles. The Labute approximate surface area is 105 Å². The summed E-state index contributed by atoms with van der Waals surface area (Å²) in [6.07, 6.45) is 4.90. The number of hydrogen-bond donors (Lipinski definition) is 1. The highest BCUT2D eigenvalue weighted by Gasteiger charge is 2.37. The van der Waals surface area contributed by atoms with E-state index in [4.69, 9.17) is 4.74 Å². The second kappa shape index (κ2) is 4.05. The minimum absolute atomic E-state index is 0.0367. The lowest BCUT2D eigenvalue weighted by Crippen LogP contribution is -2.48. The number of benzene rings is 1. The minimum Gasteiger partial charge on any atom is -0.548 e. The van der Waals surface area contributed by atoms with Gasteiger partial charge in [-0.15, -0.1) is 0 Å². The second-order valence-electron chi connectivity index (χ2n) is 4.75. The highest BCUT2D eigenvalue weighted by molar-refractivity contribution is 5.79. The van der Waals surface area contributed by atoms with Crippen LogP contribution in [0.5, 0.6) is 5.75 Å². The van der Waals surface area contributed by atoms with Crippen LogP contribution in [0, 0.1) is 5.92 Å². The highest BCUT2D eigenvalue weighted by Crippen LogP contribution is 2.45. The predicted octanol–water partition coefficient (Wildman–Crippen LogP) is 0.899. The van der Waals surface area contributed by atoms with Crippen molar-refractivity contribution in [2.24, 2.45) is 5.92 Å². The quantitative estimate of drug-likeness (QED) is 0.785. The molecule has 1 aliphatic heterocycles. The zero-order valence-corrected chi connectivity index (χ0v) is 10.1. The Bertz CT molecular complexity index is 524. The van der Waals surface area contributed by atoms with Crippen LogP contribution >= 0.6 is 0 Å². The molecule has 0 radical (unpaired) electrons. The SMILES string of the molecule is COc1ccc2c(c1)[C@H]1C=CC[C@H]1[C@H](C(=O)[O-])N2. The van der Waals surface area contributed by atoms with Gasteiger partial charge in [0.05, 0.1) is 19.1 Å². The van der Waals surface area contributed by atoms with E-state index in [2.05, 4.69) is 11.4 Å². The van der Waals surface area contributed by atoms with Gasteiger partial charge >= 0.3 is 0 Å². The van der Waals surface area contributed by atoms with Crippen LogP contribution in [0.1, 0.15) is 17.9 Å². The maximum Gasteiger partial charge on any atom is 0.119 e. The summed E-state index contributed by atoms with van der Waals surface area (Å²) in [5.74, 6) is -0.0643. The number of ether oxygens (including phenoxy) is 1. The first-order valence-electron chi connectivity index (χ1n) is 6.02. The Kier molecular flexibility index (Phi) is 2.51. The third-order valence-corrected chi connectivity index (χ3v) is 3.82. The molecular formula is C14H14NO3-. The first-order chi connectivity index (χ1) is 8.70. The monoisotopic (exact) mass is 244 g/mol. The molecule has 2 aliphatic rings. The molecule has 3 atom stereocenters. The van der Waals surface area contributed by atoms with Gasteiger partial charge in [0.2, 0.25) is 0 Å². The fraction of sp³-hybridized carbons (Fsp3) is 0.357. The lowest BCUT2D eigenvalue weighted by atomic mass is 9.79. The zero-order chi connectivity index (χ0) is 12.7. The van der Waals surface area contributed by atoms with E-state index in [1.807, 2.05) is 24.3 Å². The largest absolute Gasteiger partial charge is 0.548 e. The van der Waals surface area contributed by atoms with Crippen LogP contribution in [0.2, 0.25) is 0 Å². The molecule has 0 spiro atoms. The van der Waals surface area contributed by atoms with E-state index >= 15 is 0 Å². The number of carbonyl (C=O) groups is 1. The third kappa shape index (κ3) is 1.56. The molecule has 0 aromatic heterocycles. The van der Waals surface area contributed by atoms with Crippen molar-refractivity contribution in [2.75, 3.05) is 12.4 Å². The van der Waals surface area contributed by atoms with Crippen molar-refractivity contribution < 1.29 is 14.6 Å². The van der Waals surface area contributed by atoms with Crippen LogP contribution in [0.15, 0.2) is 30.4 Å². The topological polar surface area (TPSA) is 61.4 Å². The standard InChI is InChI=1S/C14H15NO3/c1-18-8-5-6-12-11(7-8)9-3-2-4-10(9)13(15-12)14(16)17/h2-3,5-7,9-10,13,15H,4H2,1H3,(H,16,17)/p-1/t9-,10+,13+/m0/s1. The van der Waals surface area contributed by atoms with Crippen LogP contribution in [-0.2, 0) is 4.79 Å². The Morgan fingerprint density at radius 3 is 3.06 bits per heavy atom. The van der Waals surface area contributed by atoms with Crippen LogP contribution < -0.4 is 15.2 Å². The highest BCUT2D eigenvalue weighted by atomic mass is 16.5. The smallest absolute Gasteiger partial charge is 0.119 e. The maximum atomic E-state index is 11.2. The fourth-order valence-electron chi connectivity index (χ4n) is 2.93. The van der Waals surface area contributed by atoms with Crippen molar-refractivity contribution in [1.29, 1.82) is 0 Å². The summed E-state index contributed by atoms with van der Waals surface area (Å²) in [4.78, 5) is 11.2. The molecule has 1 aromatic carbocycles. The van der Waals surface area contributed by atoms with Gasteiger partial charge in [-0.3, -0.25) is 0 Å². The number of anilines is 1. The molecule has 18 heavy (non-hydrogen) atoms. The first kappa shape index (κ1) is 11.1. The van der Waals surface area contributed by atoms with Gasteiger partial charge in [0.1, 0.15) is 5.75 Å². The van der Waals surface area contributed by atoms with E-state index in [0.717, 1.165) is 23.4 Å². The van der Waals surface area contributed by atoms with Crippen molar-refractivity contribution in [3.05, 3.63) is 35.9 Å². The van der Waals surface area contributed by atoms with Gasteiger partial charge in [-0.2, -0.15) is 0 Å². The van der Waals surface area contributed by atoms with Crippen LogP contribution in [0.4, 0.5) is 5.69 Å². The van der Waals surface area contributed by atoms with Crippen molar-refractivity contribution in [3.8, 4) is 5.75 Å². The minimum atomic E-state index is -1.03. The fourth-order valence-corrected chi connectivity index (χ4v) is 2.93. The molecule has 1 heterocycles. The van der Waals surface area contributed by atoms with E-state index in [1.54, 1.807) is 7.11 Å². The summed E-state index contributed by atoms with van der Waals surface area (Å²) < 4.78 is 5.22. The van der Waals surface area contributed by atoms with Crippen LogP contribution in [-0.4, -0.2) is 19.1 Å². The molecule has 3 rings (SSSR count). The van der Waals surface area contributed by atoms with Gasteiger partial charge in [0.25, 0.3) is 0 Å². The summed E-state index contributed by atoms with van der Waals surface area (Å²) in [6.45, 7) is 0. The molecule has 1 N–H and O–H groups in total.